The first-order chi connectivity index (χ1) is 18.7. The predicted molar refractivity (Wildman–Crippen MR) is 158 cm³/mol. The first kappa shape index (κ1) is 26.9. The molecule has 3 heterocycles. The molecular formula is C32H35N3O3S. The summed E-state index contributed by atoms with van der Waals surface area (Å²) in [6.45, 7) is 13.4. The zero-order valence-corrected chi connectivity index (χ0v) is 24.5. The highest BCUT2D eigenvalue weighted by molar-refractivity contribution is 7.07. The predicted octanol–water partition coefficient (Wildman–Crippen LogP) is 5.51. The van der Waals surface area contributed by atoms with E-state index in [4.69, 9.17) is 9.73 Å². The monoisotopic (exact) mass is 541 g/mol. The number of aryl methyl sites for hydroxylation is 2. The van der Waals surface area contributed by atoms with Crippen molar-refractivity contribution in [1.82, 2.24) is 9.13 Å². The Morgan fingerprint density at radius 1 is 1.13 bits per heavy atom. The molecule has 1 aliphatic heterocycles. The van der Waals surface area contributed by atoms with Gasteiger partial charge in [-0.25, -0.2) is 9.79 Å². The van der Waals surface area contributed by atoms with Gasteiger partial charge in [0.2, 0.25) is 0 Å². The number of methoxy groups -OCH3 is 1. The molecule has 39 heavy (non-hydrogen) atoms. The molecule has 0 aliphatic carbocycles. The van der Waals surface area contributed by atoms with Gasteiger partial charge in [-0.15, -0.1) is 0 Å². The number of nitrogens with zero attached hydrogens (tertiary/aromatic N) is 3. The summed E-state index contributed by atoms with van der Waals surface area (Å²) in [5.41, 5.74) is 7.38. The van der Waals surface area contributed by atoms with Gasteiger partial charge in [0.25, 0.3) is 5.56 Å². The summed E-state index contributed by atoms with van der Waals surface area (Å²) >= 11 is 1.37. The molecule has 0 spiro atoms. The Hall–Kier alpha value is -3.71. The van der Waals surface area contributed by atoms with E-state index in [-0.39, 0.29) is 5.56 Å². The highest BCUT2D eigenvalue weighted by atomic mass is 32.1. The number of aromatic nitrogens is 2. The summed E-state index contributed by atoms with van der Waals surface area (Å²) in [5, 5.41) is 1.14. The van der Waals surface area contributed by atoms with Crippen molar-refractivity contribution in [3.63, 3.8) is 0 Å². The second-order valence-corrected chi connectivity index (χ2v) is 11.6. The second kappa shape index (κ2) is 10.5. The molecule has 1 aliphatic rings. The molecule has 0 unspecified atom stereocenters. The third-order valence-electron chi connectivity index (χ3n) is 7.60. The Morgan fingerprint density at radius 2 is 1.85 bits per heavy atom. The molecule has 0 amide bonds. The first-order valence-electron chi connectivity index (χ1n) is 13.5. The van der Waals surface area contributed by atoms with Crippen molar-refractivity contribution < 1.29 is 9.53 Å². The van der Waals surface area contributed by atoms with Gasteiger partial charge < -0.3 is 9.30 Å². The van der Waals surface area contributed by atoms with Gasteiger partial charge in [-0.05, 0) is 62.4 Å². The number of thiazole rings is 1. The van der Waals surface area contributed by atoms with Crippen molar-refractivity contribution in [3.05, 3.63) is 101 Å². The molecule has 2 aromatic carbocycles. The lowest BCUT2D eigenvalue weighted by atomic mass is 9.93. The summed E-state index contributed by atoms with van der Waals surface area (Å²) in [6, 6.07) is 14.0. The van der Waals surface area contributed by atoms with Gasteiger partial charge in [-0.2, -0.15) is 0 Å². The number of fused-ring (bicyclic) bond motifs is 2. The zero-order valence-electron chi connectivity index (χ0n) is 23.7. The molecule has 6 nitrogen and oxygen atoms in total. The molecule has 0 fully saturated rings. The fourth-order valence-electron chi connectivity index (χ4n) is 5.52. The van der Waals surface area contributed by atoms with Crippen LogP contribution in [0.3, 0.4) is 0 Å². The lowest BCUT2D eigenvalue weighted by molar-refractivity contribution is -0.136. The van der Waals surface area contributed by atoms with Gasteiger partial charge in [-0.1, -0.05) is 68.0 Å². The first-order valence-corrected chi connectivity index (χ1v) is 14.3. The van der Waals surface area contributed by atoms with Crippen molar-refractivity contribution in [2.24, 2.45) is 4.99 Å². The average molecular weight is 542 g/mol. The summed E-state index contributed by atoms with van der Waals surface area (Å²) in [4.78, 5) is 32.4. The van der Waals surface area contributed by atoms with Crippen LogP contribution in [0, 0.1) is 13.8 Å². The minimum absolute atomic E-state index is 0.158. The van der Waals surface area contributed by atoms with E-state index in [0.717, 1.165) is 35.2 Å². The number of benzene rings is 2. The highest BCUT2D eigenvalue weighted by Crippen LogP contribution is 2.32. The minimum atomic E-state index is -0.609. The number of esters is 1. The summed E-state index contributed by atoms with van der Waals surface area (Å²) in [5.74, 6) is -0.0995. The Morgan fingerprint density at radius 3 is 2.49 bits per heavy atom. The maximum Gasteiger partial charge on any atom is 0.338 e. The maximum absolute atomic E-state index is 14.1. The van der Waals surface area contributed by atoms with Crippen molar-refractivity contribution in [1.29, 1.82) is 0 Å². The van der Waals surface area contributed by atoms with Gasteiger partial charge in [0, 0.05) is 28.7 Å². The molecule has 0 saturated heterocycles. The third-order valence-corrected chi connectivity index (χ3v) is 8.58. The summed E-state index contributed by atoms with van der Waals surface area (Å²) < 4.78 is 9.74. The number of allylic oxidation sites excluding steroid dienone is 1. The Balaban J connectivity index is 1.76. The molecule has 1 atom stereocenters. The molecule has 0 radical (unpaired) electrons. The quantitative estimate of drug-likeness (QED) is 0.302. The normalized spacial score (nSPS) is 15.7. The molecule has 202 valence electrons. The van der Waals surface area contributed by atoms with Crippen LogP contribution >= 0.6 is 11.3 Å². The van der Waals surface area contributed by atoms with Gasteiger partial charge >= 0.3 is 5.97 Å². The van der Waals surface area contributed by atoms with Crippen LogP contribution in [0.1, 0.15) is 74.0 Å². The summed E-state index contributed by atoms with van der Waals surface area (Å²) in [7, 11) is 1.36. The third kappa shape index (κ3) is 4.59. The second-order valence-electron chi connectivity index (χ2n) is 10.6. The Bertz CT molecular complexity index is 1800. The van der Waals surface area contributed by atoms with Gasteiger partial charge in [0.05, 0.1) is 29.0 Å². The molecule has 7 heteroatoms. The minimum Gasteiger partial charge on any atom is -0.466 e. The standard InChI is InChI=1S/C32H35N3O3S/c1-8-15-34-21(6)24(25-16-19(4)9-14-26(25)34)17-27-30(36)35-29(23-12-10-22(11-13-23)18(2)3)28(31(37)38-7)20(5)33-32(35)39-27/h9-14,16-18,29H,8,15H2,1-7H3/b27-17-/t29-/m1/s1. The van der Waals surface area contributed by atoms with Crippen LogP contribution in [0.25, 0.3) is 17.0 Å². The van der Waals surface area contributed by atoms with Crippen LogP contribution < -0.4 is 14.9 Å². The van der Waals surface area contributed by atoms with E-state index in [0.29, 0.717) is 26.5 Å². The molecule has 2 aromatic heterocycles. The highest BCUT2D eigenvalue weighted by Gasteiger charge is 2.33. The number of hydrogen-bond acceptors (Lipinski definition) is 5. The van der Waals surface area contributed by atoms with Crippen molar-refractivity contribution in [2.75, 3.05) is 7.11 Å². The van der Waals surface area contributed by atoms with Crippen molar-refractivity contribution in [2.45, 2.75) is 66.5 Å². The van der Waals surface area contributed by atoms with Crippen LogP contribution in [-0.2, 0) is 16.1 Å². The van der Waals surface area contributed by atoms with Crippen molar-refractivity contribution in [3.8, 4) is 0 Å². The molecule has 0 saturated carbocycles. The molecule has 4 aromatic rings. The fourth-order valence-corrected chi connectivity index (χ4v) is 6.55. The largest absolute Gasteiger partial charge is 0.466 e. The van der Waals surface area contributed by atoms with E-state index in [1.54, 1.807) is 4.57 Å². The fraction of sp³-hybridized carbons (Fsp3) is 0.344. The van der Waals surface area contributed by atoms with Crippen LogP contribution in [0.2, 0.25) is 0 Å². The van der Waals surface area contributed by atoms with Crippen LogP contribution in [0.4, 0.5) is 0 Å². The van der Waals surface area contributed by atoms with E-state index < -0.39 is 12.0 Å². The smallest absolute Gasteiger partial charge is 0.338 e. The number of ether oxygens (including phenoxy) is 1. The van der Waals surface area contributed by atoms with Crippen molar-refractivity contribution >= 4 is 34.3 Å². The van der Waals surface area contributed by atoms with Gasteiger partial charge in [-0.3, -0.25) is 9.36 Å². The SMILES string of the molecule is CCCn1c(C)c(/C=c2\sc3n(c2=O)[C@H](c2ccc(C(C)C)cc2)C(C(=O)OC)=C(C)N=3)c2cc(C)ccc21. The lowest BCUT2D eigenvalue weighted by Crippen LogP contribution is -2.39. The van der Waals surface area contributed by atoms with Gasteiger partial charge in [0.15, 0.2) is 4.80 Å². The summed E-state index contributed by atoms with van der Waals surface area (Å²) in [6.07, 6.45) is 3.02. The van der Waals surface area contributed by atoms with E-state index in [2.05, 4.69) is 69.5 Å². The Kier molecular flexibility index (Phi) is 7.21. The van der Waals surface area contributed by atoms with E-state index in [1.807, 2.05) is 25.1 Å². The van der Waals surface area contributed by atoms with E-state index >= 15 is 0 Å². The van der Waals surface area contributed by atoms with Gasteiger partial charge in [0.1, 0.15) is 0 Å². The van der Waals surface area contributed by atoms with E-state index in [1.165, 1.54) is 35.1 Å². The number of rotatable bonds is 6. The molecule has 5 rings (SSSR count). The maximum atomic E-state index is 14.1. The number of carbonyl (C=O) groups excluding carboxylic acids is 1. The number of hydrogen-bond donors (Lipinski definition) is 0. The lowest BCUT2D eigenvalue weighted by Gasteiger charge is -2.24. The van der Waals surface area contributed by atoms with Crippen LogP contribution in [-0.4, -0.2) is 22.2 Å². The van der Waals surface area contributed by atoms with Crippen LogP contribution in [0.15, 0.2) is 63.5 Å². The number of carbonyl (C=O) groups is 1. The molecule has 0 N–H and O–H groups in total. The molecular weight excluding hydrogens is 506 g/mol. The zero-order chi connectivity index (χ0) is 28.0. The van der Waals surface area contributed by atoms with Crippen LogP contribution in [0.5, 0.6) is 0 Å². The topological polar surface area (TPSA) is 65.6 Å². The average Bonchev–Trinajstić information content (AvgIpc) is 3.35. The Labute approximate surface area is 232 Å². The molecule has 0 bridgehead atoms. The van der Waals surface area contributed by atoms with E-state index in [9.17, 15) is 9.59 Å².